The summed E-state index contributed by atoms with van der Waals surface area (Å²) in [7, 11) is 0. The average molecular weight is 1380 g/mol. The summed E-state index contributed by atoms with van der Waals surface area (Å²) >= 11 is 0. The van der Waals surface area contributed by atoms with Gasteiger partial charge in [-0.15, -0.1) is 0 Å². The Labute approximate surface area is 621 Å². The van der Waals surface area contributed by atoms with Crippen LogP contribution in [-0.4, -0.2) is 0 Å². The van der Waals surface area contributed by atoms with E-state index in [4.69, 9.17) is 28.4 Å². The van der Waals surface area contributed by atoms with Crippen LogP contribution in [0.4, 0.5) is 0 Å². The van der Waals surface area contributed by atoms with Gasteiger partial charge in [-0.05, 0) is 252 Å². The fourth-order valence-corrected chi connectivity index (χ4v) is 17.5. The average Bonchev–Trinajstić information content (AvgIpc) is 1.57. The number of hydrogen-bond acceptors (Lipinski definition) is 6. The van der Waals surface area contributed by atoms with Gasteiger partial charge in [0.15, 0.2) is 0 Å². The van der Waals surface area contributed by atoms with Gasteiger partial charge in [0, 0.05) is 0 Å². The molecule has 0 saturated carbocycles. The van der Waals surface area contributed by atoms with Gasteiger partial charge < -0.3 is 28.4 Å². The second-order valence-electron chi connectivity index (χ2n) is 27.4. The topological polar surface area (TPSA) is 55.4 Å². The van der Waals surface area contributed by atoms with Crippen molar-refractivity contribution >= 4 is 43.1 Å². The predicted octanol–water partition coefficient (Wildman–Crippen LogP) is 24.8. The molecule has 6 nitrogen and oxygen atoms in total. The number of ether oxygens (including phenoxy) is 6. The molecule has 16 aromatic rings. The van der Waals surface area contributed by atoms with Crippen molar-refractivity contribution in [1.82, 2.24) is 0 Å². The lowest BCUT2D eigenvalue weighted by Gasteiger charge is -2.34. The molecule has 0 heterocycles. The van der Waals surface area contributed by atoms with Crippen molar-refractivity contribution in [3.8, 4) is 67.9 Å². The molecule has 0 fully saturated rings. The van der Waals surface area contributed by atoms with E-state index in [9.17, 15) is 0 Å². The highest BCUT2D eigenvalue weighted by Crippen LogP contribution is 2.60. The van der Waals surface area contributed by atoms with Gasteiger partial charge in [-0.2, -0.15) is 0 Å². The fourth-order valence-electron chi connectivity index (χ4n) is 17.5. The molecule has 3 aliphatic rings. The van der Waals surface area contributed by atoms with Gasteiger partial charge in [0.2, 0.25) is 0 Å². The minimum absolute atomic E-state index is 0.546. The first-order valence-electron chi connectivity index (χ1n) is 36.0. The van der Waals surface area contributed by atoms with Crippen molar-refractivity contribution in [3.05, 3.63) is 469 Å². The van der Waals surface area contributed by atoms with Crippen LogP contribution in [0.1, 0.15) is 66.8 Å². The van der Waals surface area contributed by atoms with Gasteiger partial charge >= 0.3 is 0 Å². The first kappa shape index (κ1) is 63.9. The van der Waals surface area contributed by atoms with E-state index in [2.05, 4.69) is 304 Å². The third kappa shape index (κ3) is 10.5. The molecule has 508 valence electrons. The zero-order valence-electron chi connectivity index (χ0n) is 58.3. The fraction of sp³-hybridized carbons (Fsp3) is 0.0297. The number of benzene rings is 16. The van der Waals surface area contributed by atoms with Gasteiger partial charge in [0.05, 0.1) is 41.3 Å². The van der Waals surface area contributed by atoms with Gasteiger partial charge in [0.1, 0.15) is 47.0 Å². The second kappa shape index (κ2) is 26.4. The van der Waals surface area contributed by atoms with E-state index >= 15 is 0 Å². The number of rotatable bonds is 19. The van der Waals surface area contributed by atoms with Crippen LogP contribution < -0.4 is 28.4 Å². The van der Waals surface area contributed by atoms with Crippen LogP contribution in [0, 0.1) is 0 Å². The molecule has 0 radical (unpaired) electrons. The summed E-state index contributed by atoms with van der Waals surface area (Å²) in [6, 6.07) is 122. The molecule has 0 spiro atoms. The van der Waals surface area contributed by atoms with E-state index in [0.717, 1.165) is 77.2 Å². The van der Waals surface area contributed by atoms with E-state index in [1.165, 1.54) is 102 Å². The Morgan fingerprint density at radius 2 is 0.393 bits per heavy atom. The van der Waals surface area contributed by atoms with Gasteiger partial charge in [0.25, 0.3) is 0 Å². The number of hydrogen-bond donors (Lipinski definition) is 0. The molecule has 19 rings (SSSR count). The molecule has 0 amide bonds. The van der Waals surface area contributed by atoms with Crippen LogP contribution in [0.15, 0.2) is 403 Å². The maximum absolute atomic E-state index is 6.27. The van der Waals surface area contributed by atoms with Crippen molar-refractivity contribution in [2.24, 2.45) is 0 Å². The Kier molecular flexibility index (Phi) is 15.8. The summed E-state index contributed by atoms with van der Waals surface area (Å²) in [6.07, 6.45) is 13.2. The molecule has 0 bridgehead atoms. The molecular formula is C101H68O6. The van der Waals surface area contributed by atoms with Crippen LogP contribution >= 0.6 is 0 Å². The molecule has 0 aliphatic heterocycles. The lowest BCUT2D eigenvalue weighted by atomic mass is 9.67. The molecule has 107 heavy (non-hydrogen) atoms. The lowest BCUT2D eigenvalue weighted by Crippen LogP contribution is -2.28. The van der Waals surface area contributed by atoms with Gasteiger partial charge in [-0.1, -0.05) is 256 Å². The monoisotopic (exact) mass is 1380 g/mol. The van der Waals surface area contributed by atoms with Crippen molar-refractivity contribution in [3.63, 3.8) is 0 Å². The van der Waals surface area contributed by atoms with E-state index in [-0.39, 0.29) is 0 Å². The predicted molar refractivity (Wildman–Crippen MR) is 433 cm³/mol. The Morgan fingerprint density at radius 1 is 0.187 bits per heavy atom. The largest absolute Gasteiger partial charge is 0.466 e. The van der Waals surface area contributed by atoms with Crippen molar-refractivity contribution in [1.29, 1.82) is 0 Å². The summed E-state index contributed by atoms with van der Waals surface area (Å²) in [6.45, 7) is 7.51. The Balaban J connectivity index is 0.548. The molecule has 3 aliphatic carbocycles. The molecule has 0 atom stereocenters. The number of allylic oxidation sites excluding steroid dienone is 2. The summed E-state index contributed by atoms with van der Waals surface area (Å²) < 4.78 is 36.2. The number of fused-ring (bicyclic) bond motifs is 13. The third-order valence-corrected chi connectivity index (χ3v) is 22.0. The van der Waals surface area contributed by atoms with E-state index < -0.39 is 16.2 Å². The maximum Gasteiger partial charge on any atom is 0.127 e. The van der Waals surface area contributed by atoms with Crippen molar-refractivity contribution < 1.29 is 28.4 Å². The quantitative estimate of drug-likeness (QED) is 0.0594. The minimum Gasteiger partial charge on any atom is -0.466 e. The highest BCUT2D eigenvalue weighted by atomic mass is 16.5. The second-order valence-corrected chi connectivity index (χ2v) is 27.4. The van der Waals surface area contributed by atoms with E-state index in [0.29, 0.717) is 11.5 Å². The molecular weight excluding hydrogens is 1310 g/mol. The lowest BCUT2D eigenvalue weighted by molar-refractivity contribution is 0.422. The van der Waals surface area contributed by atoms with E-state index in [1.807, 2.05) is 60.7 Å². The van der Waals surface area contributed by atoms with E-state index in [1.54, 1.807) is 25.0 Å². The Bertz CT molecular complexity index is 6200. The van der Waals surface area contributed by atoms with Crippen molar-refractivity contribution in [2.45, 2.75) is 16.2 Å². The third-order valence-electron chi connectivity index (χ3n) is 22.0. The normalized spacial score (nSPS) is 13.8. The van der Waals surface area contributed by atoms with Crippen LogP contribution in [0.2, 0.25) is 0 Å². The molecule has 0 N–H and O–H groups in total. The molecule has 16 aromatic carbocycles. The van der Waals surface area contributed by atoms with Crippen LogP contribution in [-0.2, 0) is 16.2 Å². The summed E-state index contributed by atoms with van der Waals surface area (Å²) in [5.41, 5.74) is 20.2. The summed E-state index contributed by atoms with van der Waals surface area (Å²) in [5, 5.41) is 8.75. The minimum atomic E-state index is -0.614. The Hall–Kier alpha value is -13.9. The summed E-state index contributed by atoms with van der Waals surface area (Å²) in [4.78, 5) is 0. The highest BCUT2D eigenvalue weighted by Gasteiger charge is 2.49. The standard InChI is InChI=1S/C101H68O6/c1-3-102-81-51-43-75(44-52-81)99(93-25-11-5-19-87(93)88-20-6-12-26-94(88)99)76-45-53-82(54-46-76)104-55-17-18-56-105-84-48-36-68-60-78(40-32-72(68)64-84)101(97-29-15-9-23-91(97)92-24-10-16-30-98(92)101)80-42-34-74-66-86(50-38-70(74)62-80)107-58-57-106-85-49-37-69-61-79(41-33-73(69)65-85)100(77-39-31-71-63-83(103-4-2)47-35-67(71)59-77)95-27-13-7-21-89(95)90-22-8-14-28-96(90)100/h3-66H,1-2H2/b55-17+,56-18+,58-57+. The first-order valence-corrected chi connectivity index (χ1v) is 36.0. The molecule has 0 aromatic heterocycles. The smallest absolute Gasteiger partial charge is 0.127 e. The van der Waals surface area contributed by atoms with Crippen LogP contribution in [0.5, 0.6) is 34.5 Å². The van der Waals surface area contributed by atoms with Gasteiger partial charge in [-0.3, -0.25) is 0 Å². The summed E-state index contributed by atoms with van der Waals surface area (Å²) in [5.74, 6) is 4.36. The Morgan fingerprint density at radius 3 is 0.692 bits per heavy atom. The maximum atomic E-state index is 6.27. The first-order chi connectivity index (χ1) is 52.9. The SMILES string of the molecule is C=COc1ccc(C2(c3ccc(O/C=C/C=C/Oc4ccc5cc(C6(c7ccc8cc(O/C=C/Oc9ccc%10cc(C%11(c%12ccc%13cc(OC=C)ccc%13c%12)c%12ccccc%12-c%12ccccc%12%11)ccc%10c9)ccc8c7)c7ccccc7-c7ccccc76)ccc5c4)cc3)c3ccccc3-c3ccccc32)cc1. The zero-order valence-corrected chi connectivity index (χ0v) is 58.3. The molecule has 6 heteroatoms. The van der Waals surface area contributed by atoms with Crippen LogP contribution in [0.3, 0.4) is 0 Å². The van der Waals surface area contributed by atoms with Crippen molar-refractivity contribution in [2.75, 3.05) is 0 Å². The van der Waals surface area contributed by atoms with Crippen LogP contribution in [0.25, 0.3) is 76.5 Å². The molecule has 0 unspecified atom stereocenters. The highest BCUT2D eigenvalue weighted by molar-refractivity contribution is 5.95. The van der Waals surface area contributed by atoms with Gasteiger partial charge in [-0.25, -0.2) is 0 Å². The molecule has 0 saturated heterocycles. The zero-order chi connectivity index (χ0) is 71.5.